The van der Waals surface area contributed by atoms with Gasteiger partial charge in [-0.25, -0.2) is 0 Å². The molecular formula is C34H24BNO3. The number of rotatable bonds is 1. The number of aryl methyl sites for hydroxylation is 4. The summed E-state index contributed by atoms with van der Waals surface area (Å²) in [6.07, 6.45) is 0. The topological polar surface area (TPSA) is 32.6 Å². The Morgan fingerprint density at radius 2 is 1.26 bits per heavy atom. The van der Waals surface area contributed by atoms with Crippen LogP contribution in [0.1, 0.15) is 22.3 Å². The van der Waals surface area contributed by atoms with E-state index in [1.165, 1.54) is 38.5 Å². The van der Waals surface area contributed by atoms with Gasteiger partial charge in [-0.15, -0.1) is 0 Å². The summed E-state index contributed by atoms with van der Waals surface area (Å²) in [7, 11) is 0. The van der Waals surface area contributed by atoms with Crippen molar-refractivity contribution in [2.45, 2.75) is 27.7 Å². The van der Waals surface area contributed by atoms with Gasteiger partial charge in [-0.3, -0.25) is 0 Å². The lowest BCUT2D eigenvalue weighted by molar-refractivity contribution is 0.441. The molecule has 0 N–H and O–H groups in total. The molecule has 5 heteroatoms. The van der Waals surface area contributed by atoms with Crippen molar-refractivity contribution in [3.05, 3.63) is 95.1 Å². The van der Waals surface area contributed by atoms with Gasteiger partial charge in [-0.05, 0) is 75.2 Å². The van der Waals surface area contributed by atoms with Crippen molar-refractivity contribution in [3.8, 4) is 40.2 Å². The quantitative estimate of drug-likeness (QED) is 0.229. The van der Waals surface area contributed by atoms with Crippen molar-refractivity contribution >= 4 is 44.9 Å². The molecular weight excluding hydrogens is 481 g/mol. The highest BCUT2D eigenvalue weighted by atomic mass is 16.5. The predicted molar refractivity (Wildman–Crippen MR) is 157 cm³/mol. The zero-order valence-corrected chi connectivity index (χ0v) is 22.2. The summed E-state index contributed by atoms with van der Waals surface area (Å²) >= 11 is 0. The molecule has 6 aromatic rings. The van der Waals surface area contributed by atoms with Gasteiger partial charge in [0.25, 0.3) is 6.71 Å². The monoisotopic (exact) mass is 505 g/mol. The normalized spacial score (nSPS) is 13.7. The Labute approximate surface area is 226 Å². The molecule has 4 heterocycles. The van der Waals surface area contributed by atoms with E-state index in [9.17, 15) is 0 Å². The van der Waals surface area contributed by atoms with Crippen molar-refractivity contribution in [2.24, 2.45) is 0 Å². The fourth-order valence-corrected chi connectivity index (χ4v) is 7.04. The minimum Gasteiger partial charge on any atom is -0.458 e. The Morgan fingerprint density at radius 1 is 0.564 bits per heavy atom. The summed E-state index contributed by atoms with van der Waals surface area (Å²) in [6.45, 7) is 8.65. The van der Waals surface area contributed by atoms with Gasteiger partial charge in [0.2, 0.25) is 0 Å². The smallest absolute Gasteiger partial charge is 0.270 e. The molecule has 0 unspecified atom stereocenters. The van der Waals surface area contributed by atoms with E-state index >= 15 is 0 Å². The molecule has 9 rings (SSSR count). The predicted octanol–water partition coefficient (Wildman–Crippen LogP) is 6.85. The molecule has 3 aliphatic rings. The Morgan fingerprint density at radius 3 is 2.08 bits per heavy atom. The van der Waals surface area contributed by atoms with Gasteiger partial charge in [0.15, 0.2) is 0 Å². The molecule has 4 nitrogen and oxygen atoms in total. The lowest BCUT2D eigenvalue weighted by Crippen LogP contribution is -2.59. The summed E-state index contributed by atoms with van der Waals surface area (Å²) in [4.78, 5) is 0. The molecule has 186 valence electrons. The molecule has 3 aliphatic heterocycles. The van der Waals surface area contributed by atoms with Crippen molar-refractivity contribution in [2.75, 3.05) is 0 Å². The standard InChI is InChI=1S/C34H24BNO3/c1-17-8-10-24-22(13-17)23-14-18(2)12-20(4)33(23)36(24)21-15-28-31-29(16-21)39-34-19(3)9-11-27-32(34)35(31)30-25(37-27)6-5-7-26(30)38-28/h5-16H,1-4H3. The number of ether oxygens (including phenoxy) is 3. The van der Waals surface area contributed by atoms with E-state index < -0.39 is 0 Å². The summed E-state index contributed by atoms with van der Waals surface area (Å²) in [5, 5.41) is 2.53. The highest BCUT2D eigenvalue weighted by Crippen LogP contribution is 2.44. The van der Waals surface area contributed by atoms with Gasteiger partial charge < -0.3 is 18.8 Å². The largest absolute Gasteiger partial charge is 0.458 e. The highest BCUT2D eigenvalue weighted by Gasteiger charge is 2.47. The Kier molecular flexibility index (Phi) is 3.86. The SMILES string of the molecule is Cc1ccc2c(c1)c1cc(C)cc(C)c1n2-c1cc2c3c(c1)Oc1c(C)ccc4c1B3c1c(cccc1O4)O2. The molecule has 0 saturated heterocycles. The van der Waals surface area contributed by atoms with Crippen LogP contribution in [0.5, 0.6) is 34.5 Å². The number of aromatic nitrogens is 1. The fourth-order valence-electron chi connectivity index (χ4n) is 7.04. The van der Waals surface area contributed by atoms with Crippen LogP contribution in [0.2, 0.25) is 0 Å². The molecule has 0 amide bonds. The molecule has 0 atom stereocenters. The molecule has 5 aromatic carbocycles. The van der Waals surface area contributed by atoms with E-state index in [1.54, 1.807) is 0 Å². The van der Waals surface area contributed by atoms with Crippen molar-refractivity contribution in [3.63, 3.8) is 0 Å². The molecule has 39 heavy (non-hydrogen) atoms. The van der Waals surface area contributed by atoms with E-state index in [0.29, 0.717) is 0 Å². The highest BCUT2D eigenvalue weighted by molar-refractivity contribution is 6.99. The van der Waals surface area contributed by atoms with E-state index in [0.717, 1.165) is 62.1 Å². The third-order valence-corrected chi connectivity index (χ3v) is 8.60. The summed E-state index contributed by atoms with van der Waals surface area (Å²) in [6, 6.07) is 25.9. The second-order valence-corrected chi connectivity index (χ2v) is 11.2. The summed E-state index contributed by atoms with van der Waals surface area (Å²) < 4.78 is 22.1. The Hall–Kier alpha value is -4.64. The first kappa shape index (κ1) is 21.3. The average molecular weight is 505 g/mol. The maximum atomic E-state index is 6.74. The van der Waals surface area contributed by atoms with Crippen LogP contribution in [-0.2, 0) is 0 Å². The van der Waals surface area contributed by atoms with E-state index in [2.05, 4.69) is 86.9 Å². The van der Waals surface area contributed by atoms with Gasteiger partial charge in [0, 0.05) is 39.3 Å². The van der Waals surface area contributed by atoms with Crippen molar-refractivity contribution < 1.29 is 14.2 Å². The van der Waals surface area contributed by atoms with Crippen LogP contribution in [0, 0.1) is 27.7 Å². The summed E-state index contributed by atoms with van der Waals surface area (Å²) in [5.41, 5.74) is 11.5. The van der Waals surface area contributed by atoms with Crippen LogP contribution < -0.4 is 30.6 Å². The fraction of sp³-hybridized carbons (Fsp3) is 0.118. The minimum absolute atomic E-state index is 0.0154. The van der Waals surface area contributed by atoms with E-state index in [1.807, 2.05) is 18.2 Å². The first-order valence-corrected chi connectivity index (χ1v) is 13.5. The van der Waals surface area contributed by atoms with E-state index in [-0.39, 0.29) is 6.71 Å². The Balaban J connectivity index is 1.38. The molecule has 1 aromatic heterocycles. The van der Waals surface area contributed by atoms with Crippen LogP contribution in [-0.4, -0.2) is 11.3 Å². The Bertz CT molecular complexity index is 2110. The maximum absolute atomic E-state index is 6.74. The first-order valence-electron chi connectivity index (χ1n) is 13.5. The number of hydrogen-bond donors (Lipinski definition) is 0. The van der Waals surface area contributed by atoms with Crippen LogP contribution in [0.15, 0.2) is 72.8 Å². The number of hydrogen-bond acceptors (Lipinski definition) is 3. The number of benzene rings is 5. The van der Waals surface area contributed by atoms with Gasteiger partial charge >= 0.3 is 0 Å². The zero-order chi connectivity index (χ0) is 26.2. The molecule has 0 fully saturated rings. The van der Waals surface area contributed by atoms with Gasteiger partial charge in [0.05, 0.1) is 16.7 Å². The number of nitrogens with zero attached hydrogens (tertiary/aromatic N) is 1. The molecule has 0 radical (unpaired) electrons. The van der Waals surface area contributed by atoms with Crippen molar-refractivity contribution in [1.29, 1.82) is 0 Å². The van der Waals surface area contributed by atoms with Gasteiger partial charge in [-0.2, -0.15) is 0 Å². The lowest BCUT2D eigenvalue weighted by atomic mass is 9.34. The third-order valence-electron chi connectivity index (χ3n) is 8.60. The lowest BCUT2D eigenvalue weighted by Gasteiger charge is -2.38. The summed E-state index contributed by atoms with van der Waals surface area (Å²) in [5.74, 6) is 5.12. The van der Waals surface area contributed by atoms with Crippen LogP contribution in [0.25, 0.3) is 27.5 Å². The first-order chi connectivity index (χ1) is 19.0. The van der Waals surface area contributed by atoms with Crippen LogP contribution in [0.4, 0.5) is 0 Å². The molecule has 0 bridgehead atoms. The van der Waals surface area contributed by atoms with E-state index in [4.69, 9.17) is 14.2 Å². The van der Waals surface area contributed by atoms with Crippen LogP contribution >= 0.6 is 0 Å². The molecule has 0 saturated carbocycles. The second kappa shape index (κ2) is 7.06. The van der Waals surface area contributed by atoms with Gasteiger partial charge in [0.1, 0.15) is 34.5 Å². The van der Waals surface area contributed by atoms with Crippen molar-refractivity contribution in [1.82, 2.24) is 4.57 Å². The van der Waals surface area contributed by atoms with Gasteiger partial charge in [-0.1, -0.05) is 35.4 Å². The second-order valence-electron chi connectivity index (χ2n) is 11.2. The number of fused-ring (bicyclic) bond motifs is 3. The molecule has 0 spiro atoms. The third kappa shape index (κ3) is 2.65. The minimum atomic E-state index is 0.0154. The molecule has 0 aliphatic carbocycles. The maximum Gasteiger partial charge on any atom is 0.270 e. The average Bonchev–Trinajstić information content (AvgIpc) is 3.24. The zero-order valence-electron chi connectivity index (χ0n) is 22.2. The van der Waals surface area contributed by atoms with Crippen LogP contribution in [0.3, 0.4) is 0 Å².